The smallest absolute Gasteiger partial charge is 0.285 e. The van der Waals surface area contributed by atoms with Crippen LogP contribution in [-0.2, 0) is 21.4 Å². The summed E-state index contributed by atoms with van der Waals surface area (Å²) >= 11 is 0. The monoisotopic (exact) mass is 479 g/mol. The molecule has 1 atom stereocenters. The summed E-state index contributed by atoms with van der Waals surface area (Å²) in [4.78, 5) is 15.1. The number of likely N-dealkylation sites (tertiary alicyclic amines) is 1. The molecule has 0 aromatic heterocycles. The van der Waals surface area contributed by atoms with Gasteiger partial charge in [-0.15, -0.1) is 4.40 Å². The molecule has 1 amide bonds. The molecule has 2 aliphatic heterocycles. The number of ether oxygens (including phenoxy) is 1. The highest BCUT2D eigenvalue weighted by molar-refractivity contribution is 7.90. The van der Waals surface area contributed by atoms with Gasteiger partial charge < -0.3 is 15.0 Å². The quantitative estimate of drug-likeness (QED) is 0.599. The highest BCUT2D eigenvalue weighted by atomic mass is 32.2. The fourth-order valence-electron chi connectivity index (χ4n) is 4.27. The highest BCUT2D eigenvalue weighted by Crippen LogP contribution is 2.31. The molecule has 3 aromatic carbocycles. The van der Waals surface area contributed by atoms with Crippen molar-refractivity contribution in [3.05, 3.63) is 89.7 Å². The van der Waals surface area contributed by atoms with Crippen molar-refractivity contribution in [1.29, 1.82) is 0 Å². The minimum Gasteiger partial charge on any atom is -0.489 e. The Morgan fingerprint density at radius 1 is 1.09 bits per heavy atom. The van der Waals surface area contributed by atoms with Crippen LogP contribution in [0.2, 0.25) is 0 Å². The van der Waals surface area contributed by atoms with Crippen LogP contribution in [0.5, 0.6) is 5.75 Å². The molecule has 174 valence electrons. The summed E-state index contributed by atoms with van der Waals surface area (Å²) in [7, 11) is -3.76. The van der Waals surface area contributed by atoms with Crippen LogP contribution in [-0.4, -0.2) is 37.6 Å². The van der Waals surface area contributed by atoms with Crippen molar-refractivity contribution in [1.82, 2.24) is 4.90 Å². The zero-order chi connectivity index (χ0) is 23.7. The second kappa shape index (κ2) is 8.90. The van der Waals surface area contributed by atoms with Crippen LogP contribution in [0.15, 0.2) is 82.1 Å². The maximum Gasteiger partial charge on any atom is 0.285 e. The normalized spacial score (nSPS) is 18.3. The van der Waals surface area contributed by atoms with E-state index in [1.165, 1.54) is 18.2 Å². The predicted octanol–water partition coefficient (Wildman–Crippen LogP) is 3.96. The van der Waals surface area contributed by atoms with Crippen LogP contribution in [0.3, 0.4) is 0 Å². The number of nitrogens with one attached hydrogen (secondary N) is 1. The Balaban J connectivity index is 1.29. The van der Waals surface area contributed by atoms with Crippen LogP contribution in [0.25, 0.3) is 0 Å². The summed E-state index contributed by atoms with van der Waals surface area (Å²) in [5.41, 5.74) is 1.77. The summed E-state index contributed by atoms with van der Waals surface area (Å²) in [5.74, 6) is 0.278. The third-order valence-corrected chi connectivity index (χ3v) is 7.16. The topological polar surface area (TPSA) is 88.1 Å². The first-order chi connectivity index (χ1) is 16.4. The number of amides is 1. The minimum atomic E-state index is -3.76. The molecule has 34 heavy (non-hydrogen) atoms. The summed E-state index contributed by atoms with van der Waals surface area (Å²) in [6.07, 6.45) is 1.33. The number of hydrogen-bond donors (Lipinski definition) is 1. The second-order valence-electron chi connectivity index (χ2n) is 8.17. The Kier molecular flexibility index (Phi) is 5.79. The summed E-state index contributed by atoms with van der Waals surface area (Å²) < 4.78 is 48.0. The average molecular weight is 480 g/mol. The van der Waals surface area contributed by atoms with Gasteiger partial charge in [0.15, 0.2) is 5.84 Å². The standard InChI is InChI=1S/C25H22FN3O4S/c26-18-7-3-6-17(14-18)16-33-20-9-4-8-19(15-20)27-25(30)22-11-5-13-29(22)24-21-10-1-2-12-23(21)34(31,32)28-24/h1-4,6-10,12,14-15,22H,5,11,13,16H2,(H,27,30)/t22-/m0/s1. The van der Waals surface area contributed by atoms with Crippen molar-refractivity contribution in [2.24, 2.45) is 4.40 Å². The van der Waals surface area contributed by atoms with Gasteiger partial charge in [-0.2, -0.15) is 8.42 Å². The molecule has 7 nitrogen and oxygen atoms in total. The molecule has 0 spiro atoms. The molecular formula is C25H22FN3O4S. The van der Waals surface area contributed by atoms with Crippen LogP contribution >= 0.6 is 0 Å². The Labute approximate surface area is 196 Å². The van der Waals surface area contributed by atoms with Crippen LogP contribution < -0.4 is 10.1 Å². The van der Waals surface area contributed by atoms with Gasteiger partial charge >= 0.3 is 0 Å². The number of halogens is 1. The predicted molar refractivity (Wildman–Crippen MR) is 126 cm³/mol. The molecule has 0 aliphatic carbocycles. The van der Waals surface area contributed by atoms with Gasteiger partial charge in [0.2, 0.25) is 5.91 Å². The van der Waals surface area contributed by atoms with Gasteiger partial charge in [-0.25, -0.2) is 4.39 Å². The van der Waals surface area contributed by atoms with E-state index in [1.807, 2.05) is 0 Å². The number of anilines is 1. The summed E-state index contributed by atoms with van der Waals surface area (Å²) in [6, 6.07) is 19.2. The number of fused-ring (bicyclic) bond motifs is 1. The fraction of sp³-hybridized carbons (Fsp3) is 0.200. The molecule has 1 N–H and O–H groups in total. The third-order valence-electron chi connectivity index (χ3n) is 5.84. The van der Waals surface area contributed by atoms with Gasteiger partial charge in [-0.05, 0) is 54.8 Å². The molecule has 1 saturated heterocycles. The maximum atomic E-state index is 13.4. The molecule has 0 bridgehead atoms. The second-order valence-corrected chi connectivity index (χ2v) is 9.75. The summed E-state index contributed by atoms with van der Waals surface area (Å²) in [5, 5.41) is 2.90. The third kappa shape index (κ3) is 4.38. The largest absolute Gasteiger partial charge is 0.489 e. The van der Waals surface area contributed by atoms with E-state index in [2.05, 4.69) is 9.71 Å². The van der Waals surface area contributed by atoms with Gasteiger partial charge in [0, 0.05) is 23.9 Å². The van der Waals surface area contributed by atoms with Gasteiger partial charge in [-0.3, -0.25) is 4.79 Å². The number of carbonyl (C=O) groups is 1. The molecule has 0 unspecified atom stereocenters. The van der Waals surface area contributed by atoms with E-state index in [4.69, 9.17) is 4.74 Å². The summed E-state index contributed by atoms with van der Waals surface area (Å²) in [6.45, 7) is 0.733. The van der Waals surface area contributed by atoms with Crippen molar-refractivity contribution in [3.8, 4) is 5.75 Å². The van der Waals surface area contributed by atoms with Crippen molar-refractivity contribution < 1.29 is 22.3 Å². The van der Waals surface area contributed by atoms with E-state index in [1.54, 1.807) is 59.5 Å². The minimum absolute atomic E-state index is 0.166. The van der Waals surface area contributed by atoms with Crippen LogP contribution in [0.4, 0.5) is 10.1 Å². The van der Waals surface area contributed by atoms with Gasteiger partial charge in [0.25, 0.3) is 10.0 Å². The lowest BCUT2D eigenvalue weighted by molar-refractivity contribution is -0.119. The Bertz CT molecular complexity index is 1390. The Morgan fingerprint density at radius 2 is 1.91 bits per heavy atom. The first-order valence-electron chi connectivity index (χ1n) is 10.9. The lowest BCUT2D eigenvalue weighted by Crippen LogP contribution is -2.43. The fourth-order valence-corrected chi connectivity index (χ4v) is 5.49. The molecule has 0 radical (unpaired) electrons. The number of amidine groups is 1. The van der Waals surface area contributed by atoms with E-state index in [0.29, 0.717) is 41.4 Å². The van der Waals surface area contributed by atoms with E-state index in [-0.39, 0.29) is 23.2 Å². The van der Waals surface area contributed by atoms with E-state index in [0.717, 1.165) is 6.42 Å². The SMILES string of the molecule is O=C(Nc1cccc(OCc2cccc(F)c2)c1)[C@@H]1CCCN1C1=NS(=O)(=O)c2ccccc21. The number of nitrogens with zero attached hydrogens (tertiary/aromatic N) is 2. The van der Waals surface area contributed by atoms with Crippen molar-refractivity contribution in [2.75, 3.05) is 11.9 Å². The zero-order valence-corrected chi connectivity index (χ0v) is 19.0. The molecule has 5 rings (SSSR count). The van der Waals surface area contributed by atoms with E-state index < -0.39 is 16.1 Å². The van der Waals surface area contributed by atoms with Gasteiger partial charge in [0.05, 0.1) is 0 Å². The number of sulfonamides is 1. The lowest BCUT2D eigenvalue weighted by Gasteiger charge is -2.25. The lowest BCUT2D eigenvalue weighted by atomic mass is 10.1. The molecule has 9 heteroatoms. The van der Waals surface area contributed by atoms with Crippen LogP contribution in [0.1, 0.15) is 24.0 Å². The molecule has 2 heterocycles. The molecular weight excluding hydrogens is 457 g/mol. The molecule has 0 saturated carbocycles. The number of carbonyl (C=O) groups excluding carboxylic acids is 1. The maximum absolute atomic E-state index is 13.4. The van der Waals surface area contributed by atoms with Crippen molar-refractivity contribution >= 4 is 27.5 Å². The number of rotatable bonds is 5. The first kappa shape index (κ1) is 22.1. The zero-order valence-electron chi connectivity index (χ0n) is 18.1. The van der Waals surface area contributed by atoms with E-state index >= 15 is 0 Å². The van der Waals surface area contributed by atoms with Crippen LogP contribution in [0, 0.1) is 5.82 Å². The molecule has 2 aliphatic rings. The average Bonchev–Trinajstić information content (AvgIpc) is 3.41. The number of benzene rings is 3. The Morgan fingerprint density at radius 3 is 2.76 bits per heavy atom. The molecule has 3 aromatic rings. The van der Waals surface area contributed by atoms with E-state index in [9.17, 15) is 17.6 Å². The highest BCUT2D eigenvalue weighted by Gasteiger charge is 2.39. The van der Waals surface area contributed by atoms with Gasteiger partial charge in [0.1, 0.15) is 29.1 Å². The number of hydrogen-bond acceptors (Lipinski definition) is 5. The Hall–Kier alpha value is -3.72. The van der Waals surface area contributed by atoms with Crippen molar-refractivity contribution in [3.63, 3.8) is 0 Å². The van der Waals surface area contributed by atoms with Crippen molar-refractivity contribution in [2.45, 2.75) is 30.4 Å². The van der Waals surface area contributed by atoms with Gasteiger partial charge in [-0.1, -0.05) is 30.3 Å². The first-order valence-corrected chi connectivity index (χ1v) is 12.3. The molecule has 1 fully saturated rings.